The molecule has 1 N–H and O–H groups in total. The zero-order valence-corrected chi connectivity index (χ0v) is 29.6. The minimum Gasteiger partial charge on any atom is -0.332 e. The van der Waals surface area contributed by atoms with Crippen LogP contribution in [0.4, 0.5) is 0 Å². The van der Waals surface area contributed by atoms with Crippen LogP contribution in [0.2, 0.25) is 0 Å². The highest BCUT2D eigenvalue weighted by Crippen LogP contribution is 2.29. The highest BCUT2D eigenvalue weighted by molar-refractivity contribution is 5.89. The SMILES string of the molecule is CCCCCCCCCCCCCCCCCC(=O)N1CC(=O)NC1(CC)CCCCCCCCCCCCCCCC. The number of hydrogen-bond donors (Lipinski definition) is 1. The van der Waals surface area contributed by atoms with Gasteiger partial charge in [0.1, 0.15) is 12.2 Å². The fraction of sp³-hybridized carbons (Fsp3) is 0.949. The van der Waals surface area contributed by atoms with Gasteiger partial charge in [-0.15, -0.1) is 0 Å². The maximum atomic E-state index is 13.2. The van der Waals surface area contributed by atoms with Crippen molar-refractivity contribution in [2.24, 2.45) is 0 Å². The van der Waals surface area contributed by atoms with Crippen LogP contribution in [0.25, 0.3) is 0 Å². The van der Waals surface area contributed by atoms with Crippen molar-refractivity contribution in [1.29, 1.82) is 0 Å². The number of amides is 2. The second-order valence-corrected chi connectivity index (χ2v) is 14.0. The molecule has 0 saturated carbocycles. The van der Waals surface area contributed by atoms with E-state index >= 15 is 0 Å². The lowest BCUT2D eigenvalue weighted by atomic mass is 9.96. The number of hydrogen-bond acceptors (Lipinski definition) is 2. The number of nitrogens with one attached hydrogen (secondary N) is 1. The van der Waals surface area contributed by atoms with Gasteiger partial charge >= 0.3 is 0 Å². The van der Waals surface area contributed by atoms with Gasteiger partial charge in [-0.25, -0.2) is 0 Å². The molecular formula is C39H76N2O2. The van der Waals surface area contributed by atoms with Gasteiger partial charge in [0.05, 0.1) is 0 Å². The average molecular weight is 605 g/mol. The van der Waals surface area contributed by atoms with E-state index in [0.717, 1.165) is 32.1 Å². The Labute approximate surface area is 269 Å². The Kier molecular flexibility index (Phi) is 26.4. The van der Waals surface area contributed by atoms with Gasteiger partial charge in [-0.1, -0.05) is 194 Å². The third-order valence-electron chi connectivity index (χ3n) is 10.0. The molecule has 4 heteroatoms. The van der Waals surface area contributed by atoms with E-state index in [2.05, 4.69) is 26.1 Å². The molecule has 1 heterocycles. The molecule has 0 bridgehead atoms. The van der Waals surface area contributed by atoms with Crippen LogP contribution < -0.4 is 5.32 Å². The molecule has 0 aromatic heterocycles. The topological polar surface area (TPSA) is 49.4 Å². The van der Waals surface area contributed by atoms with E-state index in [-0.39, 0.29) is 18.4 Å². The molecule has 0 radical (unpaired) electrons. The molecule has 1 aliphatic heterocycles. The van der Waals surface area contributed by atoms with Gasteiger partial charge in [-0.2, -0.15) is 0 Å². The van der Waals surface area contributed by atoms with Crippen LogP contribution in [0.5, 0.6) is 0 Å². The van der Waals surface area contributed by atoms with Crippen molar-refractivity contribution in [3.63, 3.8) is 0 Å². The molecule has 0 aliphatic carbocycles. The molecule has 1 fully saturated rings. The summed E-state index contributed by atoms with van der Waals surface area (Å²) < 4.78 is 0. The van der Waals surface area contributed by atoms with E-state index in [1.807, 2.05) is 4.90 Å². The first kappa shape index (κ1) is 40.0. The Bertz CT molecular complexity index is 651. The lowest BCUT2D eigenvalue weighted by Crippen LogP contribution is -2.53. The first-order valence-electron chi connectivity index (χ1n) is 19.7. The molecular weight excluding hydrogens is 528 g/mol. The van der Waals surface area contributed by atoms with Crippen molar-refractivity contribution in [3.05, 3.63) is 0 Å². The molecule has 1 atom stereocenters. The largest absolute Gasteiger partial charge is 0.332 e. The Morgan fingerprint density at radius 1 is 0.535 bits per heavy atom. The molecule has 1 saturated heterocycles. The molecule has 254 valence electrons. The summed E-state index contributed by atoms with van der Waals surface area (Å²) in [5, 5.41) is 3.21. The molecule has 0 spiro atoms. The van der Waals surface area contributed by atoms with Crippen LogP contribution >= 0.6 is 0 Å². The van der Waals surface area contributed by atoms with Crippen LogP contribution in [0.15, 0.2) is 0 Å². The Balaban J connectivity index is 2.07. The molecule has 1 rings (SSSR count). The summed E-state index contributed by atoms with van der Waals surface area (Å²) in [7, 11) is 0. The molecule has 2 amide bonds. The van der Waals surface area contributed by atoms with Crippen molar-refractivity contribution in [3.8, 4) is 0 Å². The van der Waals surface area contributed by atoms with E-state index in [9.17, 15) is 9.59 Å². The van der Waals surface area contributed by atoms with Crippen molar-refractivity contribution in [1.82, 2.24) is 10.2 Å². The number of nitrogens with zero attached hydrogens (tertiary/aromatic N) is 1. The lowest BCUT2D eigenvalue weighted by Gasteiger charge is -2.37. The van der Waals surface area contributed by atoms with E-state index in [4.69, 9.17) is 0 Å². The van der Waals surface area contributed by atoms with E-state index in [0.29, 0.717) is 6.42 Å². The maximum Gasteiger partial charge on any atom is 0.241 e. The molecule has 0 aromatic carbocycles. The normalized spacial score (nSPS) is 16.7. The summed E-state index contributed by atoms with van der Waals surface area (Å²) in [4.78, 5) is 27.5. The Morgan fingerprint density at radius 3 is 1.21 bits per heavy atom. The fourth-order valence-electron chi connectivity index (χ4n) is 7.04. The van der Waals surface area contributed by atoms with Crippen molar-refractivity contribution >= 4 is 11.8 Å². The van der Waals surface area contributed by atoms with Crippen LogP contribution in [0, 0.1) is 0 Å². The average Bonchev–Trinajstić information content (AvgIpc) is 3.35. The van der Waals surface area contributed by atoms with E-state index in [1.54, 1.807) is 0 Å². The second kappa shape index (κ2) is 28.4. The zero-order chi connectivity index (χ0) is 31.3. The summed E-state index contributed by atoms with van der Waals surface area (Å²) in [5.41, 5.74) is -0.444. The quantitative estimate of drug-likeness (QED) is 0.0776. The third kappa shape index (κ3) is 20.6. The predicted molar refractivity (Wildman–Crippen MR) is 187 cm³/mol. The Hall–Kier alpha value is -1.06. The summed E-state index contributed by atoms with van der Waals surface area (Å²) in [5.74, 6) is 0.206. The lowest BCUT2D eigenvalue weighted by molar-refractivity contribution is -0.137. The van der Waals surface area contributed by atoms with Gasteiger partial charge in [0.15, 0.2) is 0 Å². The van der Waals surface area contributed by atoms with Gasteiger partial charge in [-0.05, 0) is 25.7 Å². The van der Waals surface area contributed by atoms with E-state index in [1.165, 1.54) is 167 Å². The van der Waals surface area contributed by atoms with Gasteiger partial charge in [0.25, 0.3) is 0 Å². The Morgan fingerprint density at radius 2 is 0.860 bits per heavy atom. The number of carbonyl (C=O) groups excluding carboxylic acids is 2. The molecule has 1 aliphatic rings. The smallest absolute Gasteiger partial charge is 0.241 e. The summed E-state index contributed by atoms with van der Waals surface area (Å²) >= 11 is 0. The highest BCUT2D eigenvalue weighted by Gasteiger charge is 2.44. The van der Waals surface area contributed by atoms with Crippen molar-refractivity contribution < 1.29 is 9.59 Å². The van der Waals surface area contributed by atoms with Crippen LogP contribution in [-0.4, -0.2) is 28.9 Å². The van der Waals surface area contributed by atoms with Gasteiger partial charge in [-0.3, -0.25) is 9.59 Å². The summed E-state index contributed by atoms with van der Waals surface area (Å²) in [6.07, 6.45) is 41.2. The highest BCUT2D eigenvalue weighted by atomic mass is 16.2. The predicted octanol–water partition coefficient (Wildman–Crippen LogP) is 12.2. The monoisotopic (exact) mass is 605 g/mol. The molecule has 0 aromatic rings. The maximum absolute atomic E-state index is 13.2. The molecule has 43 heavy (non-hydrogen) atoms. The molecule has 4 nitrogen and oxygen atoms in total. The van der Waals surface area contributed by atoms with E-state index < -0.39 is 5.66 Å². The minimum absolute atomic E-state index is 0.0251. The zero-order valence-electron chi connectivity index (χ0n) is 29.6. The standard InChI is InChI=1S/C39H76N2O2/c1-4-7-9-11-13-15-17-19-21-22-24-26-28-30-32-34-38(43)41-36-37(42)40-39(41,6-3)35-33-31-29-27-25-23-20-18-16-14-12-10-8-5-2/h4-36H2,1-3H3,(H,40,42). The van der Waals surface area contributed by atoms with Crippen molar-refractivity contribution in [2.45, 2.75) is 232 Å². The number of carbonyl (C=O) groups is 2. The summed E-state index contributed by atoms with van der Waals surface area (Å²) in [6.45, 7) is 6.95. The van der Waals surface area contributed by atoms with Crippen LogP contribution in [0.3, 0.4) is 0 Å². The number of rotatable bonds is 32. The van der Waals surface area contributed by atoms with Crippen LogP contribution in [0.1, 0.15) is 226 Å². The van der Waals surface area contributed by atoms with Crippen LogP contribution in [-0.2, 0) is 9.59 Å². The fourth-order valence-corrected chi connectivity index (χ4v) is 7.04. The first-order valence-corrected chi connectivity index (χ1v) is 19.7. The second-order valence-electron chi connectivity index (χ2n) is 14.0. The van der Waals surface area contributed by atoms with Gasteiger partial charge in [0.2, 0.25) is 11.8 Å². The first-order chi connectivity index (χ1) is 21.1. The van der Waals surface area contributed by atoms with Gasteiger partial charge < -0.3 is 10.2 Å². The summed E-state index contributed by atoms with van der Waals surface area (Å²) in [6, 6.07) is 0. The van der Waals surface area contributed by atoms with Gasteiger partial charge in [0, 0.05) is 6.42 Å². The third-order valence-corrected chi connectivity index (χ3v) is 10.0. The number of unbranched alkanes of at least 4 members (excludes halogenated alkanes) is 27. The molecule has 1 unspecified atom stereocenters. The minimum atomic E-state index is -0.444. The van der Waals surface area contributed by atoms with Crippen molar-refractivity contribution in [2.75, 3.05) is 6.54 Å².